The van der Waals surface area contributed by atoms with Crippen LogP contribution in [0.15, 0.2) is 29.6 Å². The van der Waals surface area contributed by atoms with E-state index in [1.54, 1.807) is 11.3 Å². The van der Waals surface area contributed by atoms with Crippen molar-refractivity contribution >= 4 is 21.4 Å². The number of nitriles is 1. The lowest BCUT2D eigenvalue weighted by molar-refractivity contribution is 0.0197. The van der Waals surface area contributed by atoms with Gasteiger partial charge in [0.05, 0.1) is 17.6 Å². The van der Waals surface area contributed by atoms with Crippen molar-refractivity contribution < 1.29 is 5.11 Å². The monoisotopic (exact) mass is 299 g/mol. The summed E-state index contributed by atoms with van der Waals surface area (Å²) in [5, 5.41) is 23.9. The van der Waals surface area contributed by atoms with Gasteiger partial charge in [-0.1, -0.05) is 44.4 Å². The Kier molecular flexibility index (Phi) is 4.01. The molecule has 0 radical (unpaired) electrons. The Morgan fingerprint density at radius 2 is 2.29 bits per heavy atom. The summed E-state index contributed by atoms with van der Waals surface area (Å²) in [5.74, 6) is 0.568. The van der Waals surface area contributed by atoms with Crippen molar-refractivity contribution in [2.24, 2.45) is 11.3 Å². The van der Waals surface area contributed by atoms with E-state index in [0.717, 1.165) is 36.6 Å². The molecule has 110 valence electrons. The van der Waals surface area contributed by atoms with Crippen molar-refractivity contribution in [1.82, 2.24) is 0 Å². The summed E-state index contributed by atoms with van der Waals surface area (Å²) in [6.07, 6.45) is 4.30. The van der Waals surface area contributed by atoms with Gasteiger partial charge in [-0.25, -0.2) is 0 Å². The van der Waals surface area contributed by atoms with Gasteiger partial charge in [0.25, 0.3) is 0 Å². The minimum Gasteiger partial charge on any atom is -0.387 e. The molecule has 3 rings (SSSR count). The molecule has 0 aliphatic heterocycles. The number of aliphatic hydroxyl groups excluding tert-OH is 1. The second-order valence-corrected chi connectivity index (χ2v) is 7.14. The number of nitrogens with zero attached hydrogens (tertiary/aromatic N) is 1. The van der Waals surface area contributed by atoms with Crippen LogP contribution in [-0.2, 0) is 0 Å². The van der Waals surface area contributed by atoms with Gasteiger partial charge >= 0.3 is 0 Å². The van der Waals surface area contributed by atoms with Crippen LogP contribution in [0.2, 0.25) is 0 Å². The van der Waals surface area contributed by atoms with Gasteiger partial charge in [-0.05, 0) is 35.6 Å². The second-order valence-electron chi connectivity index (χ2n) is 6.23. The van der Waals surface area contributed by atoms with Crippen molar-refractivity contribution in [2.45, 2.75) is 45.1 Å². The van der Waals surface area contributed by atoms with Crippen LogP contribution in [0.1, 0.15) is 50.7 Å². The first-order chi connectivity index (χ1) is 10.2. The maximum atomic E-state index is 11.0. The Bertz CT molecular complexity index is 671. The van der Waals surface area contributed by atoms with Crippen LogP contribution in [0.4, 0.5) is 0 Å². The molecule has 1 saturated carbocycles. The molecule has 0 saturated heterocycles. The van der Waals surface area contributed by atoms with Crippen LogP contribution in [-0.4, -0.2) is 5.11 Å². The second kappa shape index (κ2) is 5.79. The van der Waals surface area contributed by atoms with Crippen LogP contribution in [0.25, 0.3) is 10.1 Å². The molecule has 3 atom stereocenters. The van der Waals surface area contributed by atoms with E-state index >= 15 is 0 Å². The maximum Gasteiger partial charge on any atom is 0.0990 e. The van der Waals surface area contributed by atoms with Crippen molar-refractivity contribution in [3.63, 3.8) is 0 Å². The first-order valence-corrected chi connectivity index (χ1v) is 8.63. The third-order valence-electron chi connectivity index (χ3n) is 5.02. The number of hydrogen-bond acceptors (Lipinski definition) is 3. The lowest BCUT2D eigenvalue weighted by atomic mass is 9.65. The first kappa shape index (κ1) is 14.6. The summed E-state index contributed by atoms with van der Waals surface area (Å²) in [6.45, 7) is 2.19. The van der Waals surface area contributed by atoms with E-state index in [2.05, 4.69) is 25.1 Å². The third kappa shape index (κ3) is 2.47. The van der Waals surface area contributed by atoms with Crippen LogP contribution < -0.4 is 0 Å². The molecule has 2 nitrogen and oxygen atoms in total. The van der Waals surface area contributed by atoms with E-state index in [4.69, 9.17) is 0 Å². The predicted molar refractivity (Wildman–Crippen MR) is 87.1 cm³/mol. The Labute approximate surface area is 130 Å². The number of fused-ring (bicyclic) bond motifs is 1. The van der Waals surface area contributed by atoms with E-state index in [0.29, 0.717) is 5.92 Å². The Morgan fingerprint density at radius 1 is 1.48 bits per heavy atom. The molecular weight excluding hydrogens is 278 g/mol. The molecule has 1 heterocycles. The zero-order valence-corrected chi connectivity index (χ0v) is 13.2. The standard InChI is InChI=1S/C18H21NOS/c1-2-13-6-5-9-18(10-13,12-19)17(20)15-11-21-16-8-4-3-7-14(15)16/h3-4,7-8,11,13,17,20H,2,5-6,9-10H2,1H3. The zero-order valence-electron chi connectivity index (χ0n) is 12.4. The van der Waals surface area contributed by atoms with Gasteiger partial charge in [0, 0.05) is 10.3 Å². The van der Waals surface area contributed by atoms with Crippen LogP contribution in [0.3, 0.4) is 0 Å². The molecule has 0 bridgehead atoms. The van der Waals surface area contributed by atoms with Gasteiger partial charge in [-0.2, -0.15) is 5.26 Å². The fourth-order valence-corrected chi connectivity index (χ4v) is 4.67. The Hall–Kier alpha value is -1.37. The molecule has 3 unspecified atom stereocenters. The lowest BCUT2D eigenvalue weighted by Gasteiger charge is -2.38. The molecule has 0 spiro atoms. The molecule has 2 aromatic rings. The summed E-state index contributed by atoms with van der Waals surface area (Å²) < 4.78 is 1.18. The molecule has 1 aromatic carbocycles. The summed E-state index contributed by atoms with van der Waals surface area (Å²) in [4.78, 5) is 0. The SMILES string of the molecule is CCC1CCCC(C#N)(C(O)c2csc3ccccc23)C1. The molecule has 3 heteroatoms. The van der Waals surface area contributed by atoms with Crippen molar-refractivity contribution in [2.75, 3.05) is 0 Å². The normalized spacial score (nSPS) is 27.4. The number of rotatable bonds is 3. The number of benzene rings is 1. The quantitative estimate of drug-likeness (QED) is 0.862. The Morgan fingerprint density at radius 3 is 3.05 bits per heavy atom. The van der Waals surface area contributed by atoms with Gasteiger partial charge in [-0.3, -0.25) is 0 Å². The highest BCUT2D eigenvalue weighted by Gasteiger charge is 2.43. The smallest absolute Gasteiger partial charge is 0.0990 e. The molecule has 0 amide bonds. The average molecular weight is 299 g/mol. The van der Waals surface area contributed by atoms with Crippen molar-refractivity contribution in [3.8, 4) is 6.07 Å². The molecule has 1 aromatic heterocycles. The van der Waals surface area contributed by atoms with Gasteiger partial charge < -0.3 is 5.11 Å². The predicted octanol–water partition coefficient (Wildman–Crippen LogP) is 5.04. The highest BCUT2D eigenvalue weighted by Crippen LogP contribution is 2.50. The van der Waals surface area contributed by atoms with E-state index in [9.17, 15) is 10.4 Å². The fourth-order valence-electron chi connectivity index (χ4n) is 3.69. The molecule has 1 fully saturated rings. The minimum absolute atomic E-state index is 0.568. The summed E-state index contributed by atoms with van der Waals surface area (Å²) >= 11 is 1.65. The highest BCUT2D eigenvalue weighted by molar-refractivity contribution is 7.17. The zero-order chi connectivity index (χ0) is 14.9. The average Bonchev–Trinajstić information content (AvgIpc) is 2.98. The number of thiophene rings is 1. The first-order valence-electron chi connectivity index (χ1n) is 7.75. The summed E-state index contributed by atoms with van der Waals surface area (Å²) in [7, 11) is 0. The maximum absolute atomic E-state index is 11.0. The largest absolute Gasteiger partial charge is 0.387 e. The van der Waals surface area contributed by atoms with E-state index in [1.807, 2.05) is 17.5 Å². The molecule has 1 aliphatic rings. The fraction of sp³-hybridized carbons (Fsp3) is 0.500. The Balaban J connectivity index is 1.99. The third-order valence-corrected chi connectivity index (χ3v) is 6.00. The van der Waals surface area contributed by atoms with E-state index in [-0.39, 0.29) is 0 Å². The lowest BCUT2D eigenvalue weighted by Crippen LogP contribution is -2.33. The topological polar surface area (TPSA) is 44.0 Å². The van der Waals surface area contributed by atoms with Gasteiger partial charge in [0.1, 0.15) is 0 Å². The molecule has 1 N–H and O–H groups in total. The van der Waals surface area contributed by atoms with Gasteiger partial charge in [0.15, 0.2) is 0 Å². The molecule has 21 heavy (non-hydrogen) atoms. The van der Waals surface area contributed by atoms with Crippen LogP contribution in [0.5, 0.6) is 0 Å². The summed E-state index contributed by atoms with van der Waals surface area (Å²) in [5.41, 5.74) is 0.330. The number of hydrogen-bond donors (Lipinski definition) is 1. The number of aliphatic hydroxyl groups is 1. The van der Waals surface area contributed by atoms with E-state index in [1.165, 1.54) is 11.1 Å². The van der Waals surface area contributed by atoms with Crippen molar-refractivity contribution in [1.29, 1.82) is 5.26 Å². The van der Waals surface area contributed by atoms with Crippen molar-refractivity contribution in [3.05, 3.63) is 35.2 Å². The van der Waals surface area contributed by atoms with Crippen LogP contribution >= 0.6 is 11.3 Å². The molecule has 1 aliphatic carbocycles. The van der Waals surface area contributed by atoms with Crippen LogP contribution in [0, 0.1) is 22.7 Å². The molecular formula is C18H21NOS. The van der Waals surface area contributed by atoms with Gasteiger partial charge in [-0.15, -0.1) is 11.3 Å². The summed E-state index contributed by atoms with van der Waals surface area (Å²) in [6, 6.07) is 10.6. The highest BCUT2D eigenvalue weighted by atomic mass is 32.1. The minimum atomic E-state index is -0.673. The van der Waals surface area contributed by atoms with Gasteiger partial charge in [0.2, 0.25) is 0 Å². The van der Waals surface area contributed by atoms with E-state index < -0.39 is 11.5 Å².